The van der Waals surface area contributed by atoms with Crippen molar-refractivity contribution in [1.29, 1.82) is 0 Å². The van der Waals surface area contributed by atoms with Gasteiger partial charge in [-0.1, -0.05) is 54.1 Å². The molecule has 3 aromatic carbocycles. The topological polar surface area (TPSA) is 65.5 Å². The Morgan fingerprint density at radius 2 is 1.75 bits per heavy atom. The zero-order valence-electron chi connectivity index (χ0n) is 22.4. The number of carbonyl (C=O) groups excluding carboxylic acids is 2. The fourth-order valence-electron chi connectivity index (χ4n) is 5.03. The summed E-state index contributed by atoms with van der Waals surface area (Å²) < 4.78 is 34.1. The van der Waals surface area contributed by atoms with Crippen LogP contribution in [-0.4, -0.2) is 78.3 Å². The number of hydrogen-bond acceptors (Lipinski definition) is 5. The fraction of sp³-hybridized carbons (Fsp3) is 0.323. The molecule has 1 saturated heterocycles. The molecule has 2 aliphatic rings. The van der Waals surface area contributed by atoms with E-state index in [-0.39, 0.29) is 18.7 Å². The first-order valence-corrected chi connectivity index (χ1v) is 13.4. The Labute approximate surface area is 232 Å². The summed E-state index contributed by atoms with van der Waals surface area (Å²) in [6, 6.07) is 19.2. The highest BCUT2D eigenvalue weighted by atomic mass is 19.1. The smallest absolute Gasteiger partial charge is 0.262 e. The van der Waals surface area contributed by atoms with E-state index in [4.69, 9.17) is 4.74 Å². The van der Waals surface area contributed by atoms with Crippen LogP contribution in [0.4, 0.5) is 8.78 Å². The maximum absolute atomic E-state index is 14.7. The predicted molar refractivity (Wildman–Crippen MR) is 148 cm³/mol. The van der Waals surface area contributed by atoms with Gasteiger partial charge in [-0.25, -0.2) is 13.8 Å². The van der Waals surface area contributed by atoms with Crippen LogP contribution in [0.5, 0.6) is 0 Å². The molecular weight excluding hydrogens is 514 g/mol. The van der Waals surface area contributed by atoms with E-state index in [1.54, 1.807) is 18.2 Å². The summed E-state index contributed by atoms with van der Waals surface area (Å²) in [6.07, 6.45) is 0.335. The van der Waals surface area contributed by atoms with E-state index in [9.17, 15) is 18.4 Å². The number of carbonyl (C=O) groups is 2. The van der Waals surface area contributed by atoms with E-state index in [1.807, 2.05) is 31.2 Å². The zero-order chi connectivity index (χ0) is 28.1. The highest BCUT2D eigenvalue weighted by molar-refractivity contribution is 6.04. The number of rotatable bonds is 8. The number of amides is 2. The largest absolute Gasteiger partial charge is 0.379 e. The van der Waals surface area contributed by atoms with Gasteiger partial charge in [0.15, 0.2) is 0 Å². The monoisotopic (exact) mass is 546 g/mol. The molecule has 0 unspecified atom stereocenters. The van der Waals surface area contributed by atoms with Crippen LogP contribution in [0.1, 0.15) is 39.5 Å². The SMILES string of the molecule is Cc1ccc([C@@H]2CC(c3ccccc3F)=NN2C(=O)CN(CCN2CCOCC2)C(=O)c2cccc(F)c2)cc1. The summed E-state index contributed by atoms with van der Waals surface area (Å²) in [5.74, 6) is -1.77. The standard InChI is InChI=1S/C31H32F2N4O3/c1-22-9-11-23(12-10-22)29-20-28(26-7-2-3-8-27(26)33)34-37(29)30(38)21-36(14-13-35-15-17-40-18-16-35)31(39)24-5-4-6-25(32)19-24/h2-12,19,29H,13-18,20-21H2,1H3/t29-/m0/s1. The van der Waals surface area contributed by atoms with Crippen LogP contribution < -0.4 is 0 Å². The van der Waals surface area contributed by atoms with Gasteiger partial charge in [-0.2, -0.15) is 5.10 Å². The predicted octanol–water partition coefficient (Wildman–Crippen LogP) is 4.43. The Balaban J connectivity index is 1.42. The quantitative estimate of drug-likeness (QED) is 0.420. The van der Waals surface area contributed by atoms with Crippen molar-refractivity contribution >= 4 is 17.5 Å². The number of hydrogen-bond donors (Lipinski definition) is 0. The van der Waals surface area contributed by atoms with Crippen LogP contribution in [0, 0.1) is 18.6 Å². The Kier molecular flexibility index (Phi) is 8.62. The van der Waals surface area contributed by atoms with E-state index in [1.165, 1.54) is 40.2 Å². The lowest BCUT2D eigenvalue weighted by Gasteiger charge is -2.31. The zero-order valence-corrected chi connectivity index (χ0v) is 22.4. The van der Waals surface area contributed by atoms with Crippen molar-refractivity contribution in [3.63, 3.8) is 0 Å². The molecule has 0 N–H and O–H groups in total. The number of benzene rings is 3. The normalized spacial score (nSPS) is 17.5. The molecule has 2 heterocycles. The van der Waals surface area contributed by atoms with Crippen molar-refractivity contribution in [2.24, 2.45) is 5.10 Å². The summed E-state index contributed by atoms with van der Waals surface area (Å²) in [6.45, 7) is 5.22. The van der Waals surface area contributed by atoms with Gasteiger partial charge in [0.25, 0.3) is 11.8 Å². The minimum Gasteiger partial charge on any atom is -0.379 e. The second-order valence-electron chi connectivity index (χ2n) is 10.1. The van der Waals surface area contributed by atoms with Gasteiger partial charge >= 0.3 is 0 Å². The van der Waals surface area contributed by atoms with Gasteiger partial charge in [0, 0.05) is 43.7 Å². The molecule has 0 radical (unpaired) electrons. The third-order valence-electron chi connectivity index (χ3n) is 7.29. The van der Waals surface area contributed by atoms with Crippen LogP contribution >= 0.6 is 0 Å². The first-order valence-electron chi connectivity index (χ1n) is 13.4. The van der Waals surface area contributed by atoms with Gasteiger partial charge in [-0.3, -0.25) is 14.5 Å². The van der Waals surface area contributed by atoms with Crippen LogP contribution in [-0.2, 0) is 9.53 Å². The Bertz CT molecular complexity index is 1390. The van der Waals surface area contributed by atoms with Crippen LogP contribution in [0.25, 0.3) is 0 Å². The van der Waals surface area contributed by atoms with Crippen LogP contribution in [0.2, 0.25) is 0 Å². The number of ether oxygens (including phenoxy) is 1. The van der Waals surface area contributed by atoms with Crippen molar-refractivity contribution in [1.82, 2.24) is 14.8 Å². The molecule has 0 saturated carbocycles. The molecule has 0 bridgehead atoms. The minimum absolute atomic E-state index is 0.168. The summed E-state index contributed by atoms with van der Waals surface area (Å²) in [5.41, 5.74) is 2.92. The summed E-state index contributed by atoms with van der Waals surface area (Å²) in [4.78, 5) is 31.0. The Morgan fingerprint density at radius 1 is 1.00 bits per heavy atom. The Hall–Kier alpha value is -3.95. The molecule has 9 heteroatoms. The minimum atomic E-state index is -0.525. The molecular formula is C31H32F2N4O3. The maximum Gasteiger partial charge on any atom is 0.262 e. The summed E-state index contributed by atoms with van der Waals surface area (Å²) >= 11 is 0. The number of aryl methyl sites for hydroxylation is 1. The molecule has 3 aromatic rings. The molecule has 5 rings (SSSR count). The molecule has 0 aliphatic carbocycles. The number of hydrazone groups is 1. The third-order valence-corrected chi connectivity index (χ3v) is 7.29. The summed E-state index contributed by atoms with van der Waals surface area (Å²) in [5, 5.41) is 5.95. The molecule has 1 fully saturated rings. The van der Waals surface area contributed by atoms with E-state index in [0.29, 0.717) is 37.5 Å². The molecule has 208 valence electrons. The molecule has 0 aromatic heterocycles. The Morgan fingerprint density at radius 3 is 2.48 bits per heavy atom. The molecule has 7 nitrogen and oxygen atoms in total. The van der Waals surface area contributed by atoms with Crippen molar-refractivity contribution in [3.05, 3.63) is 107 Å². The van der Waals surface area contributed by atoms with Gasteiger partial charge in [0.1, 0.15) is 18.2 Å². The van der Waals surface area contributed by atoms with Gasteiger partial charge in [0.2, 0.25) is 0 Å². The van der Waals surface area contributed by atoms with Crippen molar-refractivity contribution in [2.45, 2.75) is 19.4 Å². The average Bonchev–Trinajstić information content (AvgIpc) is 3.41. The first kappa shape index (κ1) is 27.6. The second-order valence-corrected chi connectivity index (χ2v) is 10.1. The highest BCUT2D eigenvalue weighted by Gasteiger charge is 2.35. The van der Waals surface area contributed by atoms with Gasteiger partial charge < -0.3 is 9.64 Å². The van der Waals surface area contributed by atoms with Crippen LogP contribution in [0.3, 0.4) is 0 Å². The lowest BCUT2D eigenvalue weighted by molar-refractivity contribution is -0.133. The fourth-order valence-corrected chi connectivity index (χ4v) is 5.03. The molecule has 1 atom stereocenters. The van der Waals surface area contributed by atoms with Gasteiger partial charge in [-0.15, -0.1) is 0 Å². The van der Waals surface area contributed by atoms with E-state index in [0.717, 1.165) is 24.2 Å². The molecule has 2 amide bonds. The van der Waals surface area contributed by atoms with Crippen molar-refractivity contribution in [3.8, 4) is 0 Å². The highest BCUT2D eigenvalue weighted by Crippen LogP contribution is 2.33. The molecule has 2 aliphatic heterocycles. The average molecular weight is 547 g/mol. The number of halogens is 2. The molecule has 40 heavy (non-hydrogen) atoms. The number of morpholine rings is 1. The number of nitrogens with zero attached hydrogens (tertiary/aromatic N) is 4. The lowest BCUT2D eigenvalue weighted by Crippen LogP contribution is -2.46. The van der Waals surface area contributed by atoms with E-state index >= 15 is 0 Å². The summed E-state index contributed by atoms with van der Waals surface area (Å²) in [7, 11) is 0. The van der Waals surface area contributed by atoms with Crippen molar-refractivity contribution in [2.75, 3.05) is 45.9 Å². The van der Waals surface area contributed by atoms with E-state index in [2.05, 4.69) is 10.0 Å². The molecule has 0 spiro atoms. The third kappa shape index (κ3) is 6.43. The van der Waals surface area contributed by atoms with Crippen LogP contribution in [0.15, 0.2) is 77.9 Å². The van der Waals surface area contributed by atoms with Gasteiger partial charge in [-0.05, 0) is 36.8 Å². The van der Waals surface area contributed by atoms with E-state index < -0.39 is 29.5 Å². The lowest BCUT2D eigenvalue weighted by atomic mass is 9.97. The second kappa shape index (κ2) is 12.5. The van der Waals surface area contributed by atoms with Crippen molar-refractivity contribution < 1.29 is 23.1 Å². The maximum atomic E-state index is 14.7. The first-order chi connectivity index (χ1) is 19.4. The van der Waals surface area contributed by atoms with Gasteiger partial charge in [0.05, 0.1) is 25.0 Å².